The summed E-state index contributed by atoms with van der Waals surface area (Å²) in [5.41, 5.74) is 8.84. The monoisotopic (exact) mass is 706 g/mol. The highest BCUT2D eigenvalue weighted by Crippen LogP contribution is 2.39. The second kappa shape index (κ2) is 15.3. The number of nitrogens with one attached hydrogen (secondary N) is 2. The Labute approximate surface area is 295 Å². The molecule has 0 spiro atoms. The van der Waals surface area contributed by atoms with Crippen molar-refractivity contribution < 1.29 is 23.6 Å². The zero-order chi connectivity index (χ0) is 36.2. The van der Waals surface area contributed by atoms with E-state index in [1.54, 1.807) is 32.6 Å². The van der Waals surface area contributed by atoms with Crippen molar-refractivity contribution in [3.8, 4) is 5.75 Å². The Balaban J connectivity index is 1.29. The van der Waals surface area contributed by atoms with Crippen molar-refractivity contribution in [3.63, 3.8) is 0 Å². The van der Waals surface area contributed by atoms with Gasteiger partial charge in [-0.2, -0.15) is 4.98 Å². The van der Waals surface area contributed by atoms with Crippen LogP contribution in [-0.4, -0.2) is 103 Å². The molecule has 2 aromatic carbocycles. The average molecular weight is 707 g/mol. The lowest BCUT2D eigenvalue weighted by Gasteiger charge is -2.43. The molecule has 13 nitrogen and oxygen atoms in total. The minimum absolute atomic E-state index is 0.109. The number of amides is 2. The summed E-state index contributed by atoms with van der Waals surface area (Å²) in [6, 6.07) is 11.8. The first-order valence-electron chi connectivity index (χ1n) is 17.2. The summed E-state index contributed by atoms with van der Waals surface area (Å²) in [6.07, 6.45) is 4.01. The SMILES string of the molecule is CCc1cc(Nc2ncc(C(N)=O)c(Nc3ccccc3P(C)(C)=O)n2)c(OC)cc1N1CCC(N2CCN(C(=O)OC(C)(C)C)CC2)CC1. The minimum Gasteiger partial charge on any atom is -0.494 e. The van der Waals surface area contributed by atoms with Crippen molar-refractivity contribution in [1.82, 2.24) is 19.8 Å². The van der Waals surface area contributed by atoms with Crippen molar-refractivity contribution in [2.24, 2.45) is 5.73 Å². The van der Waals surface area contributed by atoms with Crippen molar-refractivity contribution in [3.05, 3.63) is 53.7 Å². The minimum atomic E-state index is -2.63. The Kier molecular flexibility index (Phi) is 11.3. The number of piperazine rings is 1. The van der Waals surface area contributed by atoms with Crippen LogP contribution in [0.5, 0.6) is 5.75 Å². The van der Waals surface area contributed by atoms with Gasteiger partial charge in [0.2, 0.25) is 5.95 Å². The van der Waals surface area contributed by atoms with Crippen LogP contribution in [0.15, 0.2) is 42.6 Å². The first-order valence-corrected chi connectivity index (χ1v) is 19.8. The van der Waals surface area contributed by atoms with Crippen molar-refractivity contribution in [1.29, 1.82) is 0 Å². The molecule has 0 atom stereocenters. The number of rotatable bonds is 10. The lowest BCUT2D eigenvalue weighted by molar-refractivity contribution is 0.00901. The summed E-state index contributed by atoms with van der Waals surface area (Å²) in [5, 5.41) is 7.09. The molecule has 14 heteroatoms. The zero-order valence-corrected chi connectivity index (χ0v) is 31.2. The molecule has 0 aliphatic carbocycles. The highest BCUT2D eigenvalue weighted by atomic mass is 31.2. The number of carbonyl (C=O) groups is 2. The number of piperidine rings is 1. The number of primary amides is 1. The number of benzene rings is 2. The van der Waals surface area contributed by atoms with Gasteiger partial charge in [-0.15, -0.1) is 0 Å². The molecule has 2 amide bonds. The van der Waals surface area contributed by atoms with Crippen molar-refractivity contribution in [2.45, 2.75) is 58.6 Å². The van der Waals surface area contributed by atoms with Gasteiger partial charge in [-0.05, 0) is 77.1 Å². The number of nitrogens with zero attached hydrogens (tertiary/aromatic N) is 5. The van der Waals surface area contributed by atoms with Gasteiger partial charge in [0.15, 0.2) is 0 Å². The Morgan fingerprint density at radius 3 is 2.28 bits per heavy atom. The van der Waals surface area contributed by atoms with E-state index in [1.807, 2.05) is 37.8 Å². The van der Waals surface area contributed by atoms with E-state index >= 15 is 0 Å². The Morgan fingerprint density at radius 1 is 1.00 bits per heavy atom. The summed E-state index contributed by atoms with van der Waals surface area (Å²) >= 11 is 0. The van der Waals surface area contributed by atoms with Crippen LogP contribution in [0.25, 0.3) is 0 Å². The smallest absolute Gasteiger partial charge is 0.410 e. The third-order valence-corrected chi connectivity index (χ3v) is 10.7. The molecule has 3 heterocycles. The number of para-hydroxylation sites is 1. The first-order chi connectivity index (χ1) is 23.7. The van der Waals surface area contributed by atoms with E-state index in [0.717, 1.165) is 56.7 Å². The number of hydrogen-bond donors (Lipinski definition) is 3. The number of aromatic nitrogens is 2. The Hall–Kier alpha value is -4.35. The van der Waals surface area contributed by atoms with Gasteiger partial charge in [0.1, 0.15) is 29.9 Å². The lowest BCUT2D eigenvalue weighted by Crippen LogP contribution is -2.55. The normalized spacial score (nSPS) is 16.2. The summed E-state index contributed by atoms with van der Waals surface area (Å²) in [7, 11) is -1.00. The van der Waals surface area contributed by atoms with E-state index in [-0.39, 0.29) is 23.4 Å². The second-order valence-corrected chi connectivity index (χ2v) is 17.4. The van der Waals surface area contributed by atoms with E-state index in [1.165, 1.54) is 6.20 Å². The molecule has 0 radical (unpaired) electrons. The van der Waals surface area contributed by atoms with Gasteiger partial charge in [0.25, 0.3) is 5.91 Å². The van der Waals surface area contributed by atoms with Crippen LogP contribution >= 0.6 is 7.14 Å². The standard InChI is InChI=1S/C36H51N8O5P/c1-8-24-21-28(40-34-38-23-26(32(37)45)33(41-34)39-27-11-9-10-12-31(27)50(6,7)47)30(48-5)22-29(24)43-15-13-25(14-16-43)42-17-19-44(20-18-42)35(46)49-36(2,3)4/h9-12,21-23,25H,8,13-20H2,1-7H3,(H2,37,45)(H2,38,39,40,41). The molecular weight excluding hydrogens is 655 g/mol. The van der Waals surface area contributed by atoms with Crippen LogP contribution < -0.4 is 31.3 Å². The van der Waals surface area contributed by atoms with E-state index in [2.05, 4.69) is 49.5 Å². The van der Waals surface area contributed by atoms with E-state index < -0.39 is 18.7 Å². The van der Waals surface area contributed by atoms with Gasteiger partial charge in [0.05, 0.1) is 18.5 Å². The molecule has 0 unspecified atom stereocenters. The van der Waals surface area contributed by atoms with E-state index in [4.69, 9.17) is 15.2 Å². The maximum absolute atomic E-state index is 13.0. The topological polar surface area (TPSA) is 155 Å². The maximum Gasteiger partial charge on any atom is 0.410 e. The van der Waals surface area contributed by atoms with Gasteiger partial charge >= 0.3 is 6.09 Å². The molecule has 5 rings (SSSR count). The van der Waals surface area contributed by atoms with Gasteiger partial charge < -0.3 is 40.2 Å². The Bertz CT molecular complexity index is 1740. The number of methoxy groups -OCH3 is 1. The molecule has 4 N–H and O–H groups in total. The van der Waals surface area contributed by atoms with Crippen LogP contribution in [-0.2, 0) is 15.7 Å². The predicted octanol–water partition coefficient (Wildman–Crippen LogP) is 5.40. The number of hydrogen-bond acceptors (Lipinski definition) is 11. The molecule has 0 saturated carbocycles. The van der Waals surface area contributed by atoms with E-state index in [0.29, 0.717) is 41.6 Å². The third kappa shape index (κ3) is 8.86. The fourth-order valence-corrected chi connectivity index (χ4v) is 7.70. The molecule has 3 aromatic rings. The molecule has 50 heavy (non-hydrogen) atoms. The van der Waals surface area contributed by atoms with Crippen LogP contribution in [0, 0.1) is 0 Å². The molecule has 0 bridgehead atoms. The molecular formula is C36H51N8O5P. The molecule has 2 aliphatic rings. The molecule has 1 aromatic heterocycles. The number of anilines is 5. The predicted molar refractivity (Wildman–Crippen MR) is 200 cm³/mol. The van der Waals surface area contributed by atoms with Gasteiger partial charge in [-0.25, -0.2) is 9.78 Å². The lowest BCUT2D eigenvalue weighted by atomic mass is 9.99. The Morgan fingerprint density at radius 2 is 1.68 bits per heavy atom. The fourth-order valence-electron chi connectivity index (χ4n) is 6.54. The number of ether oxygens (including phenoxy) is 2. The molecule has 2 fully saturated rings. The summed E-state index contributed by atoms with van der Waals surface area (Å²) < 4.78 is 24.4. The third-order valence-electron chi connectivity index (χ3n) is 9.11. The quantitative estimate of drug-likeness (QED) is 0.232. The number of carbonyl (C=O) groups excluding carboxylic acids is 2. The summed E-state index contributed by atoms with van der Waals surface area (Å²) in [5.74, 6) is 0.399. The largest absolute Gasteiger partial charge is 0.494 e. The molecule has 2 aliphatic heterocycles. The van der Waals surface area contributed by atoms with Crippen LogP contribution in [0.4, 0.5) is 33.6 Å². The van der Waals surface area contributed by atoms with Crippen molar-refractivity contribution >= 4 is 53.3 Å². The maximum atomic E-state index is 13.0. The summed E-state index contributed by atoms with van der Waals surface area (Å²) in [6.45, 7) is 16.1. The van der Waals surface area contributed by atoms with Crippen molar-refractivity contribution in [2.75, 3.05) is 75.2 Å². The second-order valence-electron chi connectivity index (χ2n) is 14.2. The highest BCUT2D eigenvalue weighted by Gasteiger charge is 2.31. The number of nitrogens with two attached hydrogens (primary N) is 1. The molecule has 270 valence electrons. The number of aryl methyl sites for hydroxylation is 1. The average Bonchev–Trinajstić information content (AvgIpc) is 3.07. The van der Waals surface area contributed by atoms with Crippen LogP contribution in [0.1, 0.15) is 56.5 Å². The van der Waals surface area contributed by atoms with E-state index in [9.17, 15) is 14.2 Å². The van der Waals surface area contributed by atoms with Gasteiger partial charge in [-0.3, -0.25) is 9.69 Å². The van der Waals surface area contributed by atoms with Gasteiger partial charge in [0, 0.05) is 68.6 Å². The molecule has 2 saturated heterocycles. The first kappa shape index (κ1) is 36.9. The van der Waals surface area contributed by atoms with Gasteiger partial charge in [-0.1, -0.05) is 19.1 Å². The fraction of sp³-hybridized carbons (Fsp3) is 0.500. The van der Waals surface area contributed by atoms with Crippen LogP contribution in [0.3, 0.4) is 0 Å². The van der Waals surface area contributed by atoms with Crippen LogP contribution in [0.2, 0.25) is 0 Å². The summed E-state index contributed by atoms with van der Waals surface area (Å²) in [4.78, 5) is 40.6. The zero-order valence-electron chi connectivity index (χ0n) is 30.3. The highest BCUT2D eigenvalue weighted by molar-refractivity contribution is 7.70.